The van der Waals surface area contributed by atoms with Crippen LogP contribution >= 0.6 is 22.6 Å². The van der Waals surface area contributed by atoms with E-state index < -0.39 is 11.1 Å². The number of hydrogen-bond acceptors (Lipinski definition) is 6. The van der Waals surface area contributed by atoms with E-state index in [4.69, 9.17) is 14.6 Å². The summed E-state index contributed by atoms with van der Waals surface area (Å²) in [5, 5.41) is 15.0. The number of halogens is 1. The van der Waals surface area contributed by atoms with Crippen molar-refractivity contribution >= 4 is 39.6 Å². The number of rotatable bonds is 6. The first-order valence-corrected chi connectivity index (χ1v) is 10.8. The summed E-state index contributed by atoms with van der Waals surface area (Å²) in [5.74, 6) is 0.557. The summed E-state index contributed by atoms with van der Waals surface area (Å²) in [4.78, 5) is 18.4. The Morgan fingerprint density at radius 1 is 1.41 bits per heavy atom. The number of amides is 1. The summed E-state index contributed by atoms with van der Waals surface area (Å²) in [6, 6.07) is 4.14. The summed E-state index contributed by atoms with van der Waals surface area (Å²) in [5.41, 5.74) is -0.292. The van der Waals surface area contributed by atoms with Crippen LogP contribution in [0.15, 0.2) is 12.3 Å². The van der Waals surface area contributed by atoms with Gasteiger partial charge in [0.1, 0.15) is 14.8 Å². The average molecular weight is 511 g/mol. The fraction of sp³-hybridized carbons (Fsp3) is 0.600. The summed E-state index contributed by atoms with van der Waals surface area (Å²) in [7, 11) is 0. The average Bonchev–Trinajstić information content (AvgIpc) is 2.94. The second-order valence-corrected chi connectivity index (χ2v) is 9.33. The number of carbonyl (C=O) groups is 1. The van der Waals surface area contributed by atoms with Crippen molar-refractivity contribution in [1.82, 2.24) is 19.7 Å². The molecule has 0 unspecified atom stereocenters. The van der Waals surface area contributed by atoms with Gasteiger partial charge in [0.15, 0.2) is 0 Å². The van der Waals surface area contributed by atoms with Crippen molar-refractivity contribution in [3.05, 3.63) is 16.0 Å². The molecule has 1 fully saturated rings. The molecule has 0 saturated carbocycles. The second kappa shape index (κ2) is 8.34. The van der Waals surface area contributed by atoms with Crippen molar-refractivity contribution in [1.29, 1.82) is 5.26 Å². The number of unbranched alkanes of at least 4 members (excludes halogenated alkanes) is 1. The SMILES string of the molecule is CCCCOc1nccc2c1c(I)nn2C1(CC#N)CN(C(=O)OC(C)(C)C)C1. The first kappa shape index (κ1) is 21.6. The molecular weight excluding hydrogens is 485 g/mol. The van der Waals surface area contributed by atoms with Crippen molar-refractivity contribution in [2.45, 2.75) is 58.1 Å². The van der Waals surface area contributed by atoms with Gasteiger partial charge >= 0.3 is 6.09 Å². The number of carbonyl (C=O) groups excluding carboxylic acids is 1. The Morgan fingerprint density at radius 3 is 2.76 bits per heavy atom. The van der Waals surface area contributed by atoms with Crippen molar-refractivity contribution in [3.8, 4) is 11.9 Å². The van der Waals surface area contributed by atoms with E-state index in [0.717, 1.165) is 27.4 Å². The predicted octanol–water partition coefficient (Wildman–Crippen LogP) is 4.07. The van der Waals surface area contributed by atoms with E-state index in [1.165, 1.54) is 0 Å². The molecule has 2 aromatic rings. The van der Waals surface area contributed by atoms with Crippen LogP contribution in [0.5, 0.6) is 5.88 Å². The summed E-state index contributed by atoms with van der Waals surface area (Å²) in [6.45, 7) is 8.96. The van der Waals surface area contributed by atoms with Crippen LogP contribution < -0.4 is 4.74 Å². The van der Waals surface area contributed by atoms with Gasteiger partial charge in [-0.2, -0.15) is 10.4 Å². The van der Waals surface area contributed by atoms with Gasteiger partial charge in [-0.3, -0.25) is 4.68 Å². The van der Waals surface area contributed by atoms with Crippen LogP contribution in [0.1, 0.15) is 47.0 Å². The van der Waals surface area contributed by atoms with Crippen molar-refractivity contribution in [2.75, 3.05) is 19.7 Å². The zero-order valence-electron chi connectivity index (χ0n) is 17.2. The molecular formula is C20H26IN5O3. The number of nitriles is 1. The Bertz CT molecular complexity index is 938. The second-order valence-electron chi connectivity index (χ2n) is 8.31. The molecule has 3 rings (SSSR count). The van der Waals surface area contributed by atoms with E-state index in [-0.39, 0.29) is 12.5 Å². The van der Waals surface area contributed by atoms with Crippen LogP contribution in [0.25, 0.3) is 10.9 Å². The third kappa shape index (κ3) is 4.42. The standard InChI is InChI=1S/C20H26IN5O3/c1-5-6-11-28-17-15-14(7-10-23-17)26(24-16(15)21)20(8-9-22)12-25(13-20)18(27)29-19(2,3)4/h7,10H,5-6,8,11-13H2,1-4H3. The largest absolute Gasteiger partial charge is 0.477 e. The molecule has 1 amide bonds. The maximum atomic E-state index is 12.4. The van der Waals surface area contributed by atoms with Gasteiger partial charge in [-0.15, -0.1) is 0 Å². The highest BCUT2D eigenvalue weighted by molar-refractivity contribution is 14.1. The number of hydrogen-bond donors (Lipinski definition) is 0. The van der Waals surface area contributed by atoms with Gasteiger partial charge in [0.25, 0.3) is 0 Å². The highest BCUT2D eigenvalue weighted by Gasteiger charge is 2.49. The first-order valence-electron chi connectivity index (χ1n) is 9.72. The molecule has 2 aromatic heterocycles. The normalized spacial score (nSPS) is 15.7. The van der Waals surface area contributed by atoms with E-state index >= 15 is 0 Å². The number of aromatic nitrogens is 3. The maximum absolute atomic E-state index is 12.4. The van der Waals surface area contributed by atoms with Crippen LogP contribution in [-0.4, -0.2) is 51.1 Å². The highest BCUT2D eigenvalue weighted by Crippen LogP contribution is 2.38. The van der Waals surface area contributed by atoms with Crippen LogP contribution in [0, 0.1) is 15.0 Å². The Kier molecular flexibility index (Phi) is 6.22. The van der Waals surface area contributed by atoms with E-state index in [9.17, 15) is 10.1 Å². The van der Waals surface area contributed by atoms with Crippen LogP contribution in [-0.2, 0) is 10.3 Å². The minimum atomic E-state index is -0.588. The lowest BCUT2D eigenvalue weighted by molar-refractivity contribution is -0.0300. The first-order chi connectivity index (χ1) is 13.7. The minimum absolute atomic E-state index is 0.244. The van der Waals surface area contributed by atoms with Crippen molar-refractivity contribution in [3.63, 3.8) is 0 Å². The smallest absolute Gasteiger partial charge is 0.410 e. The zero-order chi connectivity index (χ0) is 21.2. The van der Waals surface area contributed by atoms with Crippen LogP contribution in [0.4, 0.5) is 4.79 Å². The third-order valence-electron chi connectivity index (χ3n) is 4.73. The molecule has 8 nitrogen and oxygen atoms in total. The van der Waals surface area contributed by atoms with Gasteiger partial charge in [0.05, 0.1) is 43.1 Å². The molecule has 0 aromatic carbocycles. The Morgan fingerprint density at radius 2 is 2.14 bits per heavy atom. The fourth-order valence-electron chi connectivity index (χ4n) is 3.37. The Labute approximate surface area is 184 Å². The lowest BCUT2D eigenvalue weighted by atomic mass is 9.87. The van der Waals surface area contributed by atoms with E-state index in [1.807, 2.05) is 31.5 Å². The lowest BCUT2D eigenvalue weighted by Gasteiger charge is -2.48. The van der Waals surface area contributed by atoms with E-state index in [2.05, 4.69) is 40.6 Å². The van der Waals surface area contributed by atoms with Crippen molar-refractivity contribution < 1.29 is 14.3 Å². The van der Waals surface area contributed by atoms with Gasteiger partial charge in [0, 0.05) is 6.20 Å². The molecule has 0 bridgehead atoms. The summed E-state index contributed by atoms with van der Waals surface area (Å²) >= 11 is 2.17. The van der Waals surface area contributed by atoms with Gasteiger partial charge in [-0.05, 0) is 55.8 Å². The Balaban J connectivity index is 1.91. The molecule has 156 valence electrons. The lowest BCUT2D eigenvalue weighted by Crippen LogP contribution is -2.64. The number of ether oxygens (including phenoxy) is 2. The highest BCUT2D eigenvalue weighted by atomic mass is 127. The molecule has 3 heterocycles. The summed E-state index contributed by atoms with van der Waals surface area (Å²) in [6.07, 6.45) is 3.56. The van der Waals surface area contributed by atoms with Gasteiger partial charge in [-0.1, -0.05) is 13.3 Å². The number of fused-ring (bicyclic) bond motifs is 1. The molecule has 0 radical (unpaired) electrons. The van der Waals surface area contributed by atoms with Gasteiger partial charge in [-0.25, -0.2) is 9.78 Å². The quantitative estimate of drug-likeness (QED) is 0.429. The molecule has 9 heteroatoms. The monoisotopic (exact) mass is 511 g/mol. The molecule has 1 aliphatic rings. The van der Waals surface area contributed by atoms with Crippen molar-refractivity contribution in [2.24, 2.45) is 0 Å². The predicted molar refractivity (Wildman–Crippen MR) is 117 cm³/mol. The molecule has 0 atom stereocenters. The van der Waals surface area contributed by atoms with Crippen LogP contribution in [0.2, 0.25) is 0 Å². The summed E-state index contributed by atoms with van der Waals surface area (Å²) < 4.78 is 14.0. The number of likely N-dealkylation sites (tertiary alicyclic amines) is 1. The molecule has 0 spiro atoms. The maximum Gasteiger partial charge on any atom is 0.410 e. The fourth-order valence-corrected chi connectivity index (χ4v) is 4.09. The zero-order valence-corrected chi connectivity index (χ0v) is 19.4. The molecule has 29 heavy (non-hydrogen) atoms. The minimum Gasteiger partial charge on any atom is -0.477 e. The molecule has 1 aliphatic heterocycles. The Hall–Kier alpha value is -2.09. The van der Waals surface area contributed by atoms with Gasteiger partial charge in [0.2, 0.25) is 5.88 Å². The topological polar surface area (TPSA) is 93.3 Å². The molecule has 1 saturated heterocycles. The van der Waals surface area contributed by atoms with E-state index in [1.54, 1.807) is 11.1 Å². The molecule has 0 N–H and O–H groups in total. The van der Waals surface area contributed by atoms with Crippen LogP contribution in [0.3, 0.4) is 0 Å². The van der Waals surface area contributed by atoms with Gasteiger partial charge < -0.3 is 14.4 Å². The third-order valence-corrected chi connectivity index (χ3v) is 5.49. The molecule has 0 aliphatic carbocycles. The number of nitrogens with zero attached hydrogens (tertiary/aromatic N) is 5. The van der Waals surface area contributed by atoms with E-state index in [0.29, 0.717) is 25.6 Å². The number of pyridine rings is 1.